The quantitative estimate of drug-likeness (QED) is 0.357. The zero-order chi connectivity index (χ0) is 25.8. The van der Waals surface area contributed by atoms with Crippen LogP contribution < -0.4 is 11.1 Å². The van der Waals surface area contributed by atoms with Crippen LogP contribution in [-0.4, -0.2) is 10.9 Å². The Labute approximate surface area is 219 Å². The Bertz CT molecular complexity index is 1630. The van der Waals surface area contributed by atoms with E-state index in [1.807, 2.05) is 50.2 Å². The maximum atomic E-state index is 13.1. The number of rotatable bonds is 4. The number of anilines is 1. The summed E-state index contributed by atoms with van der Waals surface area (Å²) in [7, 11) is 0. The first-order valence-corrected chi connectivity index (χ1v) is 12.4. The maximum absolute atomic E-state index is 13.1. The molecule has 4 aromatic rings. The van der Waals surface area contributed by atoms with Crippen molar-refractivity contribution in [3.63, 3.8) is 0 Å². The summed E-state index contributed by atoms with van der Waals surface area (Å²) < 4.78 is 6.35. The smallest absolute Gasteiger partial charge is 0.251 e. The van der Waals surface area contributed by atoms with Gasteiger partial charge in [-0.1, -0.05) is 35.9 Å². The van der Waals surface area contributed by atoms with Crippen molar-refractivity contribution in [2.45, 2.75) is 32.6 Å². The first-order valence-electron chi connectivity index (χ1n) is 12.0. The number of carbonyl (C=O) groups is 1. The van der Waals surface area contributed by atoms with Gasteiger partial charge in [-0.15, -0.1) is 0 Å². The highest BCUT2D eigenvalue weighted by Gasteiger charge is 2.43. The molecule has 37 heavy (non-hydrogen) atoms. The number of aromatic nitrogens is 1. The normalized spacial score (nSPS) is 16.7. The average molecular weight is 507 g/mol. The van der Waals surface area contributed by atoms with Crippen LogP contribution >= 0.6 is 11.6 Å². The summed E-state index contributed by atoms with van der Waals surface area (Å²) in [6.07, 6.45) is -0.417. The number of nitriles is 1. The second kappa shape index (κ2) is 8.74. The van der Waals surface area contributed by atoms with Crippen molar-refractivity contribution in [3.05, 3.63) is 116 Å². The minimum absolute atomic E-state index is 0.157. The molecule has 0 aliphatic carbocycles. The lowest BCUT2D eigenvalue weighted by atomic mass is 9.83. The number of hydrogen-bond acceptors (Lipinski definition) is 5. The molecule has 2 bridgehead atoms. The van der Waals surface area contributed by atoms with Crippen LogP contribution in [-0.2, 0) is 11.3 Å². The van der Waals surface area contributed by atoms with Crippen molar-refractivity contribution in [3.8, 4) is 17.2 Å². The Morgan fingerprint density at radius 1 is 1.03 bits per heavy atom. The number of nitrogens with one attached hydrogen (secondary N) is 1. The van der Waals surface area contributed by atoms with Crippen LogP contribution in [0.15, 0.2) is 60.7 Å². The number of nitrogens with zero attached hydrogens (tertiary/aromatic N) is 2. The molecule has 0 radical (unpaired) electrons. The molecule has 0 saturated carbocycles. The number of pyridine rings is 1. The van der Waals surface area contributed by atoms with Gasteiger partial charge < -0.3 is 15.8 Å². The van der Waals surface area contributed by atoms with Crippen LogP contribution in [0.2, 0.25) is 5.02 Å². The molecule has 182 valence electrons. The zero-order valence-electron chi connectivity index (χ0n) is 20.3. The Kier molecular flexibility index (Phi) is 5.49. The molecule has 1 aromatic heterocycles. The van der Waals surface area contributed by atoms with Gasteiger partial charge in [-0.2, -0.15) is 5.26 Å². The van der Waals surface area contributed by atoms with Gasteiger partial charge in [0.1, 0.15) is 18.0 Å². The standard InChI is InChI=1S/C30H23ClN4O2/c1-15-9-27(33)35-16(2)26(15)14-34-30(36)18-4-7-23-25(12-18)29-24-11-17(3-6-22(24)28(23)37-29)21-8-5-20(31)10-19(21)13-32/h3-12,28-29H,14H2,1-2H3,(H2,33,35)(H,34,36)/t28-,29+/m0/s1. The number of nitrogen functional groups attached to an aromatic ring is 1. The predicted molar refractivity (Wildman–Crippen MR) is 142 cm³/mol. The third kappa shape index (κ3) is 3.84. The van der Waals surface area contributed by atoms with Gasteiger partial charge in [0.2, 0.25) is 0 Å². The first-order chi connectivity index (χ1) is 17.8. The lowest BCUT2D eigenvalue weighted by Gasteiger charge is -2.18. The highest BCUT2D eigenvalue weighted by Crippen LogP contribution is 2.55. The SMILES string of the molecule is Cc1cc(N)nc(C)c1CNC(=O)c1ccc2c(c1)[C@@H]1O[C@H]2c2ccc(-c3ccc(Cl)cc3C#N)cc21. The van der Waals surface area contributed by atoms with E-state index in [-0.39, 0.29) is 18.1 Å². The van der Waals surface area contributed by atoms with Crippen LogP contribution in [0.25, 0.3) is 11.1 Å². The monoisotopic (exact) mass is 506 g/mol. The van der Waals surface area contributed by atoms with Crippen molar-refractivity contribution in [2.24, 2.45) is 0 Å². The number of halogens is 1. The van der Waals surface area contributed by atoms with Crippen LogP contribution in [0.1, 0.15) is 67.2 Å². The van der Waals surface area contributed by atoms with E-state index in [2.05, 4.69) is 28.5 Å². The Balaban J connectivity index is 1.28. The Hall–Kier alpha value is -4.18. The van der Waals surface area contributed by atoms with E-state index in [1.165, 1.54) is 0 Å². The van der Waals surface area contributed by atoms with Gasteiger partial charge in [0.25, 0.3) is 5.91 Å². The van der Waals surface area contributed by atoms with Gasteiger partial charge in [-0.05, 0) is 94.8 Å². The van der Waals surface area contributed by atoms with E-state index in [4.69, 9.17) is 22.1 Å². The Morgan fingerprint density at radius 2 is 1.76 bits per heavy atom. The molecule has 2 aliphatic heterocycles. The van der Waals surface area contributed by atoms with Crippen molar-refractivity contribution in [1.82, 2.24) is 10.3 Å². The van der Waals surface area contributed by atoms with E-state index >= 15 is 0 Å². The third-order valence-electron chi connectivity index (χ3n) is 7.25. The first kappa shape index (κ1) is 23.2. The largest absolute Gasteiger partial charge is 0.384 e. The highest BCUT2D eigenvalue weighted by atomic mass is 35.5. The average Bonchev–Trinajstić information content (AvgIpc) is 3.44. The third-order valence-corrected chi connectivity index (χ3v) is 7.49. The summed E-state index contributed by atoms with van der Waals surface area (Å²) in [5.41, 5.74) is 15.7. The second-order valence-electron chi connectivity index (χ2n) is 9.50. The summed E-state index contributed by atoms with van der Waals surface area (Å²) in [4.78, 5) is 17.4. The second-order valence-corrected chi connectivity index (χ2v) is 9.93. The minimum Gasteiger partial charge on any atom is -0.384 e. The number of nitrogens with two attached hydrogens (primary N) is 1. The predicted octanol–water partition coefficient (Wildman–Crippen LogP) is 5.93. The van der Waals surface area contributed by atoms with Crippen LogP contribution in [0.4, 0.5) is 5.82 Å². The molecule has 2 aliphatic rings. The molecule has 3 heterocycles. The molecule has 3 aromatic carbocycles. The number of amides is 1. The van der Waals surface area contributed by atoms with E-state index < -0.39 is 0 Å². The highest BCUT2D eigenvalue weighted by molar-refractivity contribution is 6.30. The van der Waals surface area contributed by atoms with E-state index in [9.17, 15) is 10.1 Å². The van der Waals surface area contributed by atoms with E-state index in [0.29, 0.717) is 28.5 Å². The molecule has 6 nitrogen and oxygen atoms in total. The molecule has 7 heteroatoms. The number of fused-ring (bicyclic) bond motifs is 8. The van der Waals surface area contributed by atoms with Crippen molar-refractivity contribution < 1.29 is 9.53 Å². The molecule has 0 fully saturated rings. The fourth-order valence-electron chi connectivity index (χ4n) is 5.44. The number of ether oxygens (including phenoxy) is 1. The van der Waals surface area contributed by atoms with Crippen LogP contribution in [0, 0.1) is 25.2 Å². The molecule has 1 amide bonds. The van der Waals surface area contributed by atoms with Gasteiger partial charge in [-0.25, -0.2) is 4.98 Å². The Morgan fingerprint density at radius 3 is 2.51 bits per heavy atom. The summed E-state index contributed by atoms with van der Waals surface area (Å²) in [5.74, 6) is 0.317. The molecule has 6 rings (SSSR count). The number of hydrogen-bond donors (Lipinski definition) is 2. The number of benzene rings is 3. The number of aryl methyl sites for hydroxylation is 2. The topological polar surface area (TPSA) is 101 Å². The van der Waals surface area contributed by atoms with Gasteiger partial charge in [0, 0.05) is 22.8 Å². The fraction of sp³-hybridized carbons (Fsp3) is 0.167. The zero-order valence-corrected chi connectivity index (χ0v) is 21.1. The summed E-state index contributed by atoms with van der Waals surface area (Å²) in [6.45, 7) is 4.23. The van der Waals surface area contributed by atoms with Gasteiger partial charge in [-0.3, -0.25) is 4.79 Å². The van der Waals surface area contributed by atoms with Gasteiger partial charge >= 0.3 is 0 Å². The van der Waals surface area contributed by atoms with Crippen molar-refractivity contribution in [1.29, 1.82) is 5.26 Å². The van der Waals surface area contributed by atoms with Crippen molar-refractivity contribution >= 4 is 23.3 Å². The number of carbonyl (C=O) groups excluding carboxylic acids is 1. The molecular weight excluding hydrogens is 484 g/mol. The minimum atomic E-state index is -0.258. The van der Waals surface area contributed by atoms with E-state index in [1.54, 1.807) is 12.1 Å². The molecule has 3 N–H and O–H groups in total. The summed E-state index contributed by atoms with van der Waals surface area (Å²) >= 11 is 6.09. The lowest BCUT2D eigenvalue weighted by molar-refractivity contribution is 0.0857. The molecular formula is C30H23ClN4O2. The molecule has 0 spiro atoms. The molecule has 0 saturated heterocycles. The summed E-state index contributed by atoms with van der Waals surface area (Å²) in [6, 6.07) is 21.3. The van der Waals surface area contributed by atoms with Crippen LogP contribution in [0.5, 0.6) is 0 Å². The van der Waals surface area contributed by atoms with Gasteiger partial charge in [0.15, 0.2) is 0 Å². The van der Waals surface area contributed by atoms with Gasteiger partial charge in [0.05, 0.1) is 11.6 Å². The molecule has 0 unspecified atom stereocenters. The van der Waals surface area contributed by atoms with E-state index in [0.717, 1.165) is 50.2 Å². The van der Waals surface area contributed by atoms with Crippen LogP contribution in [0.3, 0.4) is 0 Å². The summed E-state index contributed by atoms with van der Waals surface area (Å²) in [5, 5.41) is 13.1. The lowest BCUT2D eigenvalue weighted by Crippen LogP contribution is -2.24. The maximum Gasteiger partial charge on any atom is 0.251 e. The molecule has 2 atom stereocenters. The van der Waals surface area contributed by atoms with Crippen molar-refractivity contribution in [2.75, 3.05) is 5.73 Å². The fourth-order valence-corrected chi connectivity index (χ4v) is 5.61.